The van der Waals surface area contributed by atoms with Crippen molar-refractivity contribution < 1.29 is 22.8 Å². The summed E-state index contributed by atoms with van der Waals surface area (Å²) in [6.07, 6.45) is 0.308. The van der Waals surface area contributed by atoms with Crippen molar-refractivity contribution in [2.75, 3.05) is 13.6 Å². The number of Topliss-reactive ketones (excluding diaryl/α,β-unsaturated/α-hetero) is 1. The van der Waals surface area contributed by atoms with E-state index in [1.54, 1.807) is 0 Å². The number of piperidine rings is 1. The predicted molar refractivity (Wildman–Crippen MR) is 111 cm³/mol. The number of hydrogen-bond acceptors (Lipinski definition) is 4. The second kappa shape index (κ2) is 9.05. The maximum atomic E-state index is 12.6. The van der Waals surface area contributed by atoms with Crippen molar-refractivity contribution in [2.24, 2.45) is 0 Å². The number of aryl methyl sites for hydroxylation is 1. The highest BCUT2D eigenvalue weighted by Gasteiger charge is 2.39. The Hall–Kier alpha value is -2.94. The normalized spacial score (nSPS) is 20.2. The number of carbonyl (C=O) groups excluding carboxylic acids is 2. The van der Waals surface area contributed by atoms with E-state index >= 15 is 0 Å². The van der Waals surface area contributed by atoms with Gasteiger partial charge in [-0.15, -0.1) is 0 Å². The van der Waals surface area contributed by atoms with Gasteiger partial charge in [-0.1, -0.05) is 18.2 Å². The highest BCUT2D eigenvalue weighted by molar-refractivity contribution is 6.01. The first-order valence-electron chi connectivity index (χ1n) is 10.0. The number of aromatic amines is 1. The highest BCUT2D eigenvalue weighted by Crippen LogP contribution is 2.29. The lowest BCUT2D eigenvalue weighted by atomic mass is 9.96. The van der Waals surface area contributed by atoms with Crippen molar-refractivity contribution in [1.29, 1.82) is 0 Å². The van der Waals surface area contributed by atoms with E-state index in [0.29, 0.717) is 6.42 Å². The number of hydrogen-bond donors (Lipinski definition) is 2. The van der Waals surface area contributed by atoms with Gasteiger partial charge in [0, 0.05) is 29.4 Å². The summed E-state index contributed by atoms with van der Waals surface area (Å²) in [5.74, 6) is -1.48. The van der Waals surface area contributed by atoms with Gasteiger partial charge in [-0.05, 0) is 51.9 Å². The molecule has 6 nitrogen and oxygen atoms in total. The summed E-state index contributed by atoms with van der Waals surface area (Å²) in [4.78, 5) is 34.1. The van der Waals surface area contributed by atoms with Crippen LogP contribution >= 0.6 is 0 Å². The Labute approximate surface area is 178 Å². The van der Waals surface area contributed by atoms with Crippen LogP contribution in [0.25, 0.3) is 6.08 Å². The number of nitrogens with one attached hydrogen (secondary N) is 2. The third-order valence-electron chi connectivity index (χ3n) is 5.45. The fraction of sp³-hybridized carbons (Fsp3) is 0.409. The molecule has 0 aliphatic carbocycles. The monoisotopic (exact) mass is 434 g/mol. The number of aromatic nitrogens is 2. The van der Waals surface area contributed by atoms with Crippen LogP contribution in [0.15, 0.2) is 30.3 Å². The van der Waals surface area contributed by atoms with Crippen LogP contribution in [0.3, 0.4) is 0 Å². The first-order valence-corrected chi connectivity index (χ1v) is 10.0. The number of amides is 1. The van der Waals surface area contributed by atoms with E-state index in [4.69, 9.17) is 0 Å². The lowest BCUT2D eigenvalue weighted by Gasteiger charge is -2.36. The second-order valence-electron chi connectivity index (χ2n) is 7.73. The van der Waals surface area contributed by atoms with Crippen LogP contribution in [0.4, 0.5) is 13.2 Å². The summed E-state index contributed by atoms with van der Waals surface area (Å²) in [6.45, 7) is 4.64. The van der Waals surface area contributed by atoms with E-state index in [1.807, 2.05) is 33.0 Å². The van der Waals surface area contributed by atoms with Gasteiger partial charge < -0.3 is 10.3 Å². The fourth-order valence-electron chi connectivity index (χ4n) is 3.72. The first-order chi connectivity index (χ1) is 14.6. The molecule has 0 bridgehead atoms. The molecule has 2 aromatic rings. The number of H-pyrrole nitrogens is 1. The van der Waals surface area contributed by atoms with Gasteiger partial charge >= 0.3 is 6.18 Å². The van der Waals surface area contributed by atoms with Crippen molar-refractivity contribution in [1.82, 2.24) is 20.2 Å². The molecule has 0 saturated carbocycles. The van der Waals surface area contributed by atoms with Crippen molar-refractivity contribution in [2.45, 2.75) is 44.9 Å². The molecule has 2 N–H and O–H groups in total. The maximum absolute atomic E-state index is 12.6. The SMILES string of the molecule is C/C=C\c1nc([C@H]2CC(NC(=O)c3ccc(C(=O)C(F)(F)F)cc3)CCN2C)[nH]c1C. The van der Waals surface area contributed by atoms with Crippen molar-refractivity contribution in [3.05, 3.63) is 58.7 Å². The minimum absolute atomic E-state index is 0.00328. The Bertz CT molecular complexity index is 980. The zero-order chi connectivity index (χ0) is 22.8. The molecule has 1 aliphatic heterocycles. The number of likely N-dealkylation sites (tertiary alicyclic amines) is 1. The van der Waals surface area contributed by atoms with Gasteiger partial charge in [0.25, 0.3) is 11.7 Å². The predicted octanol–water partition coefficient (Wildman–Crippen LogP) is 4.06. The van der Waals surface area contributed by atoms with Crippen LogP contribution in [0.1, 0.15) is 63.7 Å². The molecule has 9 heteroatoms. The molecule has 1 aliphatic rings. The Morgan fingerprint density at radius 3 is 2.48 bits per heavy atom. The first kappa shape index (κ1) is 22.7. The zero-order valence-electron chi connectivity index (χ0n) is 17.6. The van der Waals surface area contributed by atoms with E-state index in [2.05, 4.69) is 20.2 Å². The number of ketones is 1. The largest absolute Gasteiger partial charge is 0.454 e. The van der Waals surface area contributed by atoms with Crippen LogP contribution in [0.5, 0.6) is 0 Å². The van der Waals surface area contributed by atoms with Crippen LogP contribution in [-0.2, 0) is 0 Å². The molecule has 31 heavy (non-hydrogen) atoms. The third kappa shape index (κ3) is 5.22. The highest BCUT2D eigenvalue weighted by atomic mass is 19.4. The quantitative estimate of drug-likeness (QED) is 0.696. The molecule has 1 amide bonds. The van der Waals surface area contributed by atoms with E-state index < -0.39 is 17.5 Å². The fourth-order valence-corrected chi connectivity index (χ4v) is 3.72. The maximum Gasteiger partial charge on any atom is 0.454 e. The average Bonchev–Trinajstić information content (AvgIpc) is 3.08. The zero-order valence-corrected chi connectivity index (χ0v) is 17.6. The van der Waals surface area contributed by atoms with Gasteiger partial charge in [0.15, 0.2) is 0 Å². The van der Waals surface area contributed by atoms with E-state index in [9.17, 15) is 22.8 Å². The summed E-state index contributed by atoms with van der Waals surface area (Å²) in [5.41, 5.74) is 1.57. The van der Waals surface area contributed by atoms with E-state index in [-0.39, 0.29) is 23.6 Å². The lowest BCUT2D eigenvalue weighted by Crippen LogP contribution is -2.45. The number of rotatable bonds is 5. The topological polar surface area (TPSA) is 78.1 Å². The Morgan fingerprint density at radius 1 is 1.23 bits per heavy atom. The van der Waals surface area contributed by atoms with Gasteiger partial charge in [-0.2, -0.15) is 13.2 Å². The Morgan fingerprint density at radius 2 is 1.87 bits per heavy atom. The van der Waals surface area contributed by atoms with Crippen molar-refractivity contribution in [3.8, 4) is 0 Å². The van der Waals surface area contributed by atoms with Crippen LogP contribution in [-0.4, -0.2) is 52.4 Å². The second-order valence-corrected chi connectivity index (χ2v) is 7.73. The minimum atomic E-state index is -4.94. The molecule has 2 atom stereocenters. The van der Waals surface area contributed by atoms with Gasteiger partial charge in [0.05, 0.1) is 11.7 Å². The molecule has 1 fully saturated rings. The molecule has 1 aromatic carbocycles. The minimum Gasteiger partial charge on any atom is -0.349 e. The van der Waals surface area contributed by atoms with Gasteiger partial charge in [-0.25, -0.2) is 4.98 Å². The van der Waals surface area contributed by atoms with Crippen LogP contribution in [0, 0.1) is 6.92 Å². The van der Waals surface area contributed by atoms with Gasteiger partial charge in [0.2, 0.25) is 0 Å². The molecule has 0 radical (unpaired) electrons. The number of carbonyl (C=O) groups is 2. The summed E-state index contributed by atoms with van der Waals surface area (Å²) < 4.78 is 37.6. The van der Waals surface area contributed by atoms with Crippen molar-refractivity contribution >= 4 is 17.8 Å². The lowest BCUT2D eigenvalue weighted by molar-refractivity contribution is -0.0885. The van der Waals surface area contributed by atoms with Crippen LogP contribution in [0.2, 0.25) is 0 Å². The number of allylic oxidation sites excluding steroid dienone is 1. The number of benzene rings is 1. The number of halogens is 3. The molecule has 1 saturated heterocycles. The molecule has 3 rings (SSSR count). The summed E-state index contributed by atoms with van der Waals surface area (Å²) in [6, 6.07) is 4.41. The molecular weight excluding hydrogens is 409 g/mol. The number of nitrogens with zero attached hydrogens (tertiary/aromatic N) is 2. The average molecular weight is 434 g/mol. The summed E-state index contributed by atoms with van der Waals surface area (Å²) >= 11 is 0. The number of imidazole rings is 1. The number of alkyl halides is 3. The molecule has 1 aromatic heterocycles. The molecule has 1 unspecified atom stereocenters. The Balaban J connectivity index is 1.68. The van der Waals surface area contributed by atoms with Gasteiger partial charge in [-0.3, -0.25) is 14.5 Å². The molecule has 0 spiro atoms. The standard InChI is InChI=1S/C22H25F3N4O2/c1-4-5-17-13(2)26-20(28-17)18-12-16(10-11-29(18)3)27-21(31)15-8-6-14(7-9-15)19(30)22(23,24)25/h4-9,16,18H,10-12H2,1-3H3,(H,26,28)(H,27,31)/b5-4-/t16?,18-/m1/s1. The smallest absolute Gasteiger partial charge is 0.349 e. The van der Waals surface area contributed by atoms with E-state index in [1.165, 1.54) is 12.1 Å². The molecule has 2 heterocycles. The van der Waals surface area contributed by atoms with Crippen molar-refractivity contribution in [3.63, 3.8) is 0 Å². The van der Waals surface area contributed by atoms with Crippen LogP contribution < -0.4 is 5.32 Å². The summed E-state index contributed by atoms with van der Waals surface area (Å²) in [5, 5.41) is 2.95. The summed E-state index contributed by atoms with van der Waals surface area (Å²) in [7, 11) is 2.01. The molecular formula is C22H25F3N4O2. The third-order valence-corrected chi connectivity index (χ3v) is 5.45. The van der Waals surface area contributed by atoms with E-state index in [0.717, 1.165) is 42.3 Å². The molecule has 166 valence electrons. The van der Waals surface area contributed by atoms with Gasteiger partial charge in [0.1, 0.15) is 5.82 Å². The Kier molecular flexibility index (Phi) is 6.64.